The maximum absolute atomic E-state index is 11.1. The molecule has 0 aliphatic rings. The first-order chi connectivity index (χ1) is 13.4. The molecule has 3 rings (SSSR count). The molecular formula is C23H21NO4. The lowest BCUT2D eigenvalue weighted by atomic mass is 10.1. The summed E-state index contributed by atoms with van der Waals surface area (Å²) in [7, 11) is 0. The highest BCUT2D eigenvalue weighted by Crippen LogP contribution is 2.24. The molecule has 0 radical (unpaired) electrons. The van der Waals surface area contributed by atoms with Crippen molar-refractivity contribution >= 4 is 17.9 Å². The molecular weight excluding hydrogens is 354 g/mol. The van der Waals surface area contributed by atoms with Crippen molar-refractivity contribution < 1.29 is 19.4 Å². The smallest absolute Gasteiger partial charge is 0.347 e. The van der Waals surface area contributed by atoms with E-state index in [1.54, 1.807) is 18.3 Å². The number of rotatable bonds is 7. The molecule has 0 saturated heterocycles. The Morgan fingerprint density at radius 3 is 2.04 bits per heavy atom. The minimum atomic E-state index is -1.28. The fraction of sp³-hybridized carbons (Fsp3) is 0.130. The molecule has 0 aliphatic carbocycles. The lowest BCUT2D eigenvalue weighted by Gasteiger charge is -2.21. The van der Waals surface area contributed by atoms with Crippen molar-refractivity contribution in [1.29, 1.82) is 0 Å². The molecule has 0 aliphatic heterocycles. The predicted molar refractivity (Wildman–Crippen MR) is 109 cm³/mol. The van der Waals surface area contributed by atoms with E-state index in [2.05, 4.69) is 4.99 Å². The van der Waals surface area contributed by atoms with Crippen LogP contribution in [0.25, 0.3) is 0 Å². The van der Waals surface area contributed by atoms with Gasteiger partial charge < -0.3 is 14.6 Å². The van der Waals surface area contributed by atoms with Gasteiger partial charge in [-0.05, 0) is 80.1 Å². The fourth-order valence-corrected chi connectivity index (χ4v) is 2.33. The molecule has 0 unspecified atom stereocenters. The zero-order valence-corrected chi connectivity index (χ0v) is 15.7. The molecule has 5 nitrogen and oxygen atoms in total. The van der Waals surface area contributed by atoms with Gasteiger partial charge in [-0.25, -0.2) is 4.79 Å². The zero-order valence-electron chi connectivity index (χ0n) is 15.7. The van der Waals surface area contributed by atoms with Gasteiger partial charge in [0.2, 0.25) is 0 Å². The van der Waals surface area contributed by atoms with Crippen molar-refractivity contribution in [1.82, 2.24) is 0 Å². The zero-order chi connectivity index (χ0) is 20.0. The molecule has 0 amide bonds. The van der Waals surface area contributed by atoms with Gasteiger partial charge in [0.1, 0.15) is 17.2 Å². The van der Waals surface area contributed by atoms with Gasteiger partial charge in [0, 0.05) is 6.21 Å². The monoisotopic (exact) mass is 375 g/mol. The van der Waals surface area contributed by atoms with E-state index < -0.39 is 11.6 Å². The van der Waals surface area contributed by atoms with Gasteiger partial charge in [-0.1, -0.05) is 18.2 Å². The largest absolute Gasteiger partial charge is 0.478 e. The van der Waals surface area contributed by atoms with Gasteiger partial charge in [-0.3, -0.25) is 4.99 Å². The van der Waals surface area contributed by atoms with E-state index in [-0.39, 0.29) is 0 Å². The molecule has 0 heterocycles. The van der Waals surface area contributed by atoms with Crippen LogP contribution in [0.4, 0.5) is 5.69 Å². The van der Waals surface area contributed by atoms with Crippen LogP contribution < -0.4 is 9.47 Å². The van der Waals surface area contributed by atoms with E-state index in [0.717, 1.165) is 22.7 Å². The Balaban J connectivity index is 1.61. The molecule has 0 saturated carbocycles. The van der Waals surface area contributed by atoms with Crippen molar-refractivity contribution in [2.75, 3.05) is 0 Å². The molecule has 28 heavy (non-hydrogen) atoms. The molecule has 0 atom stereocenters. The third-order valence-electron chi connectivity index (χ3n) is 3.95. The van der Waals surface area contributed by atoms with E-state index in [4.69, 9.17) is 14.6 Å². The molecule has 1 N–H and O–H groups in total. The minimum absolute atomic E-state index is 0.493. The van der Waals surface area contributed by atoms with Crippen LogP contribution in [0.3, 0.4) is 0 Å². The van der Waals surface area contributed by atoms with E-state index in [0.29, 0.717) is 5.75 Å². The lowest BCUT2D eigenvalue weighted by molar-refractivity contribution is -0.152. The Bertz CT molecular complexity index is 946. The summed E-state index contributed by atoms with van der Waals surface area (Å²) in [6.07, 6.45) is 1.74. The molecule has 5 heteroatoms. The van der Waals surface area contributed by atoms with Crippen LogP contribution in [0.15, 0.2) is 83.9 Å². The Hall–Kier alpha value is -3.60. The number of carboxylic acid groups (broad SMARTS) is 1. The number of hydrogen-bond donors (Lipinski definition) is 1. The van der Waals surface area contributed by atoms with Crippen LogP contribution in [0.2, 0.25) is 0 Å². The Morgan fingerprint density at radius 1 is 0.857 bits per heavy atom. The van der Waals surface area contributed by atoms with Crippen LogP contribution in [0.1, 0.15) is 19.4 Å². The van der Waals surface area contributed by atoms with Gasteiger partial charge >= 0.3 is 5.97 Å². The highest BCUT2D eigenvalue weighted by atomic mass is 16.5. The van der Waals surface area contributed by atoms with Crippen molar-refractivity contribution in [2.45, 2.75) is 19.4 Å². The van der Waals surface area contributed by atoms with Crippen LogP contribution in [0, 0.1) is 0 Å². The second kappa shape index (κ2) is 8.39. The van der Waals surface area contributed by atoms with E-state index >= 15 is 0 Å². The first-order valence-corrected chi connectivity index (χ1v) is 8.82. The quantitative estimate of drug-likeness (QED) is 0.556. The first-order valence-electron chi connectivity index (χ1n) is 8.82. The number of aliphatic imine (C=N–C) groups is 1. The summed E-state index contributed by atoms with van der Waals surface area (Å²) in [4.78, 5) is 15.6. The van der Waals surface area contributed by atoms with Gasteiger partial charge in [-0.15, -0.1) is 0 Å². The number of benzene rings is 3. The van der Waals surface area contributed by atoms with Crippen LogP contribution >= 0.6 is 0 Å². The summed E-state index contributed by atoms with van der Waals surface area (Å²) in [6, 6.07) is 24.2. The standard InChI is InChI=1S/C23H21NO4/c1-23(2,22(25)26)28-21-12-8-17(9-13-21)16-24-18-10-14-20(15-11-18)27-19-6-4-3-5-7-19/h3-16H,1-2H3,(H,25,26). The van der Waals surface area contributed by atoms with Crippen molar-refractivity contribution in [3.05, 3.63) is 84.4 Å². The lowest BCUT2D eigenvalue weighted by Crippen LogP contribution is -2.37. The van der Waals surface area contributed by atoms with Gasteiger partial charge in [0.05, 0.1) is 5.69 Å². The SMILES string of the molecule is CC(C)(Oc1ccc(C=Nc2ccc(Oc3ccccc3)cc2)cc1)C(=O)O. The number of carbonyl (C=O) groups is 1. The predicted octanol–water partition coefficient (Wildman–Crippen LogP) is 5.47. The molecule has 0 spiro atoms. The van der Waals surface area contributed by atoms with Crippen LogP contribution in [-0.2, 0) is 4.79 Å². The summed E-state index contributed by atoms with van der Waals surface area (Å²) in [5, 5.41) is 9.11. The molecule has 3 aromatic carbocycles. The highest BCUT2D eigenvalue weighted by molar-refractivity contribution is 5.82. The average molecular weight is 375 g/mol. The van der Waals surface area contributed by atoms with E-state index in [1.807, 2.05) is 66.7 Å². The number of aliphatic carboxylic acids is 1. The number of para-hydroxylation sites is 1. The van der Waals surface area contributed by atoms with Gasteiger partial charge in [0.25, 0.3) is 0 Å². The van der Waals surface area contributed by atoms with Crippen molar-refractivity contribution in [2.24, 2.45) is 4.99 Å². The molecule has 0 fully saturated rings. The molecule has 3 aromatic rings. The number of carboxylic acids is 1. The second-order valence-corrected chi connectivity index (χ2v) is 6.65. The average Bonchev–Trinajstić information content (AvgIpc) is 2.69. The summed E-state index contributed by atoms with van der Waals surface area (Å²) in [5.41, 5.74) is 0.400. The number of ether oxygens (including phenoxy) is 2. The first kappa shape index (κ1) is 19.2. The maximum Gasteiger partial charge on any atom is 0.347 e. The number of nitrogens with zero attached hydrogens (tertiary/aromatic N) is 1. The Labute approximate surface area is 163 Å². The Kier molecular flexibility index (Phi) is 5.75. The third kappa shape index (κ3) is 5.20. The topological polar surface area (TPSA) is 68.1 Å². The van der Waals surface area contributed by atoms with Crippen LogP contribution in [0.5, 0.6) is 17.2 Å². The van der Waals surface area contributed by atoms with Crippen molar-refractivity contribution in [3.63, 3.8) is 0 Å². The van der Waals surface area contributed by atoms with E-state index in [9.17, 15) is 4.79 Å². The van der Waals surface area contributed by atoms with Crippen molar-refractivity contribution in [3.8, 4) is 17.2 Å². The fourth-order valence-electron chi connectivity index (χ4n) is 2.33. The number of hydrogen-bond acceptors (Lipinski definition) is 4. The van der Waals surface area contributed by atoms with Crippen LogP contribution in [-0.4, -0.2) is 22.9 Å². The second-order valence-electron chi connectivity index (χ2n) is 6.65. The molecule has 0 aromatic heterocycles. The van der Waals surface area contributed by atoms with Gasteiger partial charge in [0.15, 0.2) is 5.60 Å². The normalized spacial score (nSPS) is 11.4. The third-order valence-corrected chi connectivity index (χ3v) is 3.95. The maximum atomic E-state index is 11.1. The minimum Gasteiger partial charge on any atom is -0.478 e. The summed E-state index contributed by atoms with van der Waals surface area (Å²) >= 11 is 0. The molecule has 142 valence electrons. The summed E-state index contributed by atoms with van der Waals surface area (Å²) in [5.74, 6) is 1.00. The van der Waals surface area contributed by atoms with Gasteiger partial charge in [-0.2, -0.15) is 0 Å². The van der Waals surface area contributed by atoms with E-state index in [1.165, 1.54) is 13.8 Å². The summed E-state index contributed by atoms with van der Waals surface area (Å²) in [6.45, 7) is 3.02. The highest BCUT2D eigenvalue weighted by Gasteiger charge is 2.29. The summed E-state index contributed by atoms with van der Waals surface area (Å²) < 4.78 is 11.2. The Morgan fingerprint density at radius 2 is 1.43 bits per heavy atom. The molecule has 0 bridgehead atoms.